The summed E-state index contributed by atoms with van der Waals surface area (Å²) in [4.78, 5) is 18.0. The molecule has 0 spiro atoms. The summed E-state index contributed by atoms with van der Waals surface area (Å²) in [6.07, 6.45) is 3.02. The van der Waals surface area contributed by atoms with E-state index in [2.05, 4.69) is 4.98 Å². The van der Waals surface area contributed by atoms with E-state index in [1.54, 1.807) is 18.1 Å². The second-order valence-corrected chi connectivity index (χ2v) is 5.53. The fraction of sp³-hybridized carbons (Fsp3) is 0.571. The summed E-state index contributed by atoms with van der Waals surface area (Å²) in [5, 5.41) is 0. The lowest BCUT2D eigenvalue weighted by Crippen LogP contribution is -2.37. The minimum Gasteiger partial charge on any atom is -0.340 e. The van der Waals surface area contributed by atoms with Crippen LogP contribution in [-0.4, -0.2) is 28.4 Å². The van der Waals surface area contributed by atoms with E-state index in [9.17, 15) is 9.18 Å². The molecular weight excluding hydrogens is 231 g/mol. The molecule has 3 nitrogen and oxygen atoms in total. The van der Waals surface area contributed by atoms with Gasteiger partial charge in [0.15, 0.2) is 0 Å². The van der Waals surface area contributed by atoms with Gasteiger partial charge in [0, 0.05) is 18.8 Å². The van der Waals surface area contributed by atoms with E-state index in [0.717, 1.165) is 12.0 Å². The number of aryl methyl sites for hydroxylation is 1. The molecule has 0 N–H and O–H groups in total. The van der Waals surface area contributed by atoms with E-state index in [1.165, 1.54) is 6.07 Å². The van der Waals surface area contributed by atoms with Crippen LogP contribution in [0.5, 0.6) is 0 Å². The summed E-state index contributed by atoms with van der Waals surface area (Å²) in [5.41, 5.74) is 0.906. The summed E-state index contributed by atoms with van der Waals surface area (Å²) in [6.45, 7) is 5.93. The van der Waals surface area contributed by atoms with Crippen LogP contribution in [0.1, 0.15) is 44.4 Å². The van der Waals surface area contributed by atoms with Crippen LogP contribution in [0.2, 0.25) is 0 Å². The van der Waals surface area contributed by atoms with Crippen LogP contribution in [0, 0.1) is 5.82 Å². The molecule has 1 amide bonds. The third-order valence-corrected chi connectivity index (χ3v) is 3.90. The Balaban J connectivity index is 2.36. The van der Waals surface area contributed by atoms with E-state index in [1.807, 2.05) is 20.8 Å². The van der Waals surface area contributed by atoms with E-state index in [0.29, 0.717) is 6.42 Å². The molecule has 0 radical (unpaired) electrons. The van der Waals surface area contributed by atoms with Crippen LogP contribution < -0.4 is 0 Å². The first-order valence-corrected chi connectivity index (χ1v) is 6.29. The van der Waals surface area contributed by atoms with Gasteiger partial charge in [0.05, 0.1) is 11.6 Å². The molecule has 0 bridgehead atoms. The van der Waals surface area contributed by atoms with Gasteiger partial charge in [-0.15, -0.1) is 0 Å². The Hall–Kier alpha value is -1.45. The molecule has 2 heterocycles. The quantitative estimate of drug-likeness (QED) is 0.808. The van der Waals surface area contributed by atoms with Gasteiger partial charge in [-0.3, -0.25) is 9.78 Å². The molecular formula is C14H19FN2O. The molecule has 98 valence electrons. The van der Waals surface area contributed by atoms with Gasteiger partial charge < -0.3 is 4.90 Å². The number of likely N-dealkylation sites (N-methyl/N-ethyl adjacent to an activating group) is 1. The molecule has 0 aliphatic carbocycles. The topological polar surface area (TPSA) is 33.2 Å². The molecule has 1 saturated heterocycles. The highest BCUT2D eigenvalue weighted by Crippen LogP contribution is 2.38. The highest BCUT2D eigenvalue weighted by Gasteiger charge is 2.44. The van der Waals surface area contributed by atoms with E-state index >= 15 is 0 Å². The van der Waals surface area contributed by atoms with Gasteiger partial charge in [0.2, 0.25) is 5.91 Å². The Kier molecular flexibility index (Phi) is 3.13. The molecule has 18 heavy (non-hydrogen) atoms. The lowest BCUT2D eigenvalue weighted by molar-refractivity contribution is -0.130. The highest BCUT2D eigenvalue weighted by atomic mass is 19.1. The first-order valence-electron chi connectivity index (χ1n) is 6.29. The standard InChI is InChI=1S/C14H19FN2O/c1-5-9-6-11(15)12(16-8-9)10-7-14(2,3)17(4)13(10)18/h6,8,10H,5,7H2,1-4H3. The summed E-state index contributed by atoms with van der Waals surface area (Å²) in [6, 6.07) is 1.49. The zero-order valence-electron chi connectivity index (χ0n) is 11.3. The fourth-order valence-corrected chi connectivity index (χ4v) is 2.41. The number of carbonyl (C=O) groups is 1. The van der Waals surface area contributed by atoms with Gasteiger partial charge in [-0.2, -0.15) is 0 Å². The SMILES string of the molecule is CCc1cnc(C2CC(C)(C)N(C)C2=O)c(F)c1. The van der Waals surface area contributed by atoms with Crippen LogP contribution in [0.4, 0.5) is 4.39 Å². The van der Waals surface area contributed by atoms with Crippen molar-refractivity contribution in [2.24, 2.45) is 0 Å². The van der Waals surface area contributed by atoms with Crippen LogP contribution in [0.25, 0.3) is 0 Å². The molecule has 0 saturated carbocycles. The molecule has 1 aromatic rings. The van der Waals surface area contributed by atoms with Gasteiger partial charge >= 0.3 is 0 Å². The molecule has 2 rings (SSSR count). The van der Waals surface area contributed by atoms with E-state index in [-0.39, 0.29) is 23.0 Å². The summed E-state index contributed by atoms with van der Waals surface area (Å²) in [7, 11) is 1.76. The van der Waals surface area contributed by atoms with Gasteiger partial charge in [-0.1, -0.05) is 6.92 Å². The highest BCUT2D eigenvalue weighted by molar-refractivity contribution is 5.86. The minimum absolute atomic E-state index is 0.0457. The lowest BCUT2D eigenvalue weighted by atomic mass is 9.93. The third-order valence-electron chi connectivity index (χ3n) is 3.90. The number of aromatic nitrogens is 1. The van der Waals surface area contributed by atoms with E-state index < -0.39 is 5.92 Å². The Morgan fingerprint density at radius 1 is 1.56 bits per heavy atom. The number of pyridine rings is 1. The number of carbonyl (C=O) groups excluding carboxylic acids is 1. The number of hydrogen-bond acceptors (Lipinski definition) is 2. The van der Waals surface area contributed by atoms with Crippen LogP contribution in [0.15, 0.2) is 12.3 Å². The number of likely N-dealkylation sites (tertiary alicyclic amines) is 1. The average molecular weight is 250 g/mol. The third kappa shape index (κ3) is 2.00. The maximum absolute atomic E-state index is 14.0. The Morgan fingerprint density at radius 3 is 2.67 bits per heavy atom. The van der Waals surface area contributed by atoms with Crippen molar-refractivity contribution in [3.63, 3.8) is 0 Å². The average Bonchev–Trinajstić information content (AvgIpc) is 2.53. The normalized spacial score (nSPS) is 22.6. The molecule has 1 aliphatic heterocycles. The zero-order chi connectivity index (χ0) is 13.5. The van der Waals surface area contributed by atoms with Gasteiger partial charge in [0.25, 0.3) is 0 Å². The van der Waals surface area contributed by atoms with Crippen molar-refractivity contribution in [2.45, 2.75) is 45.1 Å². The largest absolute Gasteiger partial charge is 0.340 e. The van der Waals surface area contributed by atoms with Crippen molar-refractivity contribution >= 4 is 5.91 Å². The van der Waals surface area contributed by atoms with Crippen molar-refractivity contribution in [3.05, 3.63) is 29.3 Å². The summed E-state index contributed by atoms with van der Waals surface area (Å²) < 4.78 is 14.0. The van der Waals surface area contributed by atoms with E-state index in [4.69, 9.17) is 0 Å². The zero-order valence-corrected chi connectivity index (χ0v) is 11.3. The van der Waals surface area contributed by atoms with Gasteiger partial charge in [-0.05, 0) is 38.3 Å². The number of nitrogens with zero attached hydrogens (tertiary/aromatic N) is 2. The smallest absolute Gasteiger partial charge is 0.232 e. The lowest BCUT2D eigenvalue weighted by Gasteiger charge is -2.26. The first-order chi connectivity index (χ1) is 8.36. The molecule has 1 atom stereocenters. The van der Waals surface area contributed by atoms with Crippen LogP contribution in [0.3, 0.4) is 0 Å². The number of amides is 1. The predicted octanol–water partition coefficient (Wildman–Crippen LogP) is 2.51. The van der Waals surface area contributed by atoms with Crippen molar-refractivity contribution in [3.8, 4) is 0 Å². The molecule has 1 fully saturated rings. The Morgan fingerprint density at radius 2 is 2.22 bits per heavy atom. The molecule has 1 aliphatic rings. The maximum Gasteiger partial charge on any atom is 0.232 e. The fourth-order valence-electron chi connectivity index (χ4n) is 2.41. The Bertz CT molecular complexity index is 485. The van der Waals surface area contributed by atoms with Crippen molar-refractivity contribution < 1.29 is 9.18 Å². The summed E-state index contributed by atoms with van der Waals surface area (Å²) in [5.74, 6) is -0.856. The number of rotatable bonds is 2. The summed E-state index contributed by atoms with van der Waals surface area (Å²) >= 11 is 0. The van der Waals surface area contributed by atoms with Crippen molar-refractivity contribution in [1.82, 2.24) is 9.88 Å². The second kappa shape index (κ2) is 4.34. The van der Waals surface area contributed by atoms with Crippen LogP contribution >= 0.6 is 0 Å². The second-order valence-electron chi connectivity index (χ2n) is 5.53. The van der Waals surface area contributed by atoms with Crippen molar-refractivity contribution in [2.75, 3.05) is 7.05 Å². The molecule has 4 heteroatoms. The van der Waals surface area contributed by atoms with Crippen LogP contribution in [-0.2, 0) is 11.2 Å². The monoisotopic (exact) mass is 250 g/mol. The van der Waals surface area contributed by atoms with Gasteiger partial charge in [-0.25, -0.2) is 4.39 Å². The number of halogens is 1. The van der Waals surface area contributed by atoms with Crippen molar-refractivity contribution in [1.29, 1.82) is 0 Å². The molecule has 0 aromatic carbocycles. The molecule has 1 unspecified atom stereocenters. The minimum atomic E-state index is -0.448. The maximum atomic E-state index is 14.0. The first kappa shape index (κ1) is 13.0. The Labute approximate surface area is 107 Å². The predicted molar refractivity (Wildman–Crippen MR) is 67.8 cm³/mol. The molecule has 1 aromatic heterocycles. The number of hydrogen-bond donors (Lipinski definition) is 0. The van der Waals surface area contributed by atoms with Gasteiger partial charge in [0.1, 0.15) is 5.82 Å².